The van der Waals surface area contributed by atoms with Crippen molar-refractivity contribution in [2.75, 3.05) is 0 Å². The molecule has 0 radical (unpaired) electrons. The van der Waals surface area contributed by atoms with Crippen molar-refractivity contribution < 1.29 is 13.2 Å². The van der Waals surface area contributed by atoms with Crippen LogP contribution in [-0.2, 0) is 16.6 Å². The van der Waals surface area contributed by atoms with Gasteiger partial charge < -0.3 is 5.32 Å². The average molecular weight is 347 g/mol. The van der Waals surface area contributed by atoms with Crippen molar-refractivity contribution in [1.82, 2.24) is 15.0 Å². The maximum Gasteiger partial charge on any atom is 0.251 e. The number of aromatic nitrogens is 1. The Morgan fingerprint density at radius 3 is 2.54 bits per heavy atom. The summed E-state index contributed by atoms with van der Waals surface area (Å²) in [6.07, 6.45) is 3.32. The molecule has 0 unspecified atom stereocenters. The minimum Gasteiger partial charge on any atom is -0.348 e. The van der Waals surface area contributed by atoms with Gasteiger partial charge in [-0.05, 0) is 50.6 Å². The predicted molar refractivity (Wildman–Crippen MR) is 91.9 cm³/mol. The van der Waals surface area contributed by atoms with Crippen LogP contribution in [0.2, 0.25) is 0 Å². The molecule has 0 aliphatic heterocycles. The molecule has 2 aromatic rings. The van der Waals surface area contributed by atoms with E-state index in [4.69, 9.17) is 0 Å². The van der Waals surface area contributed by atoms with Crippen LogP contribution in [0.15, 0.2) is 53.7 Å². The Labute approximate surface area is 142 Å². The maximum absolute atomic E-state index is 12.4. The summed E-state index contributed by atoms with van der Waals surface area (Å²) >= 11 is 0. The predicted octanol–water partition coefficient (Wildman–Crippen LogP) is 2.09. The largest absolute Gasteiger partial charge is 0.348 e. The van der Waals surface area contributed by atoms with Crippen molar-refractivity contribution in [1.29, 1.82) is 0 Å². The number of rotatable bonds is 5. The molecular weight excluding hydrogens is 326 g/mol. The first kappa shape index (κ1) is 18.1. The molecule has 1 aromatic carbocycles. The van der Waals surface area contributed by atoms with Crippen LogP contribution in [0.1, 0.15) is 36.7 Å². The standard InChI is InChI=1S/C17H21N3O3S/c1-17(2,3)20-24(22,23)15-8-4-7-14(10-15)16(21)19-12-13-6-5-9-18-11-13/h4-11,20H,12H2,1-3H3,(H,19,21). The van der Waals surface area contributed by atoms with E-state index in [0.29, 0.717) is 6.54 Å². The SMILES string of the molecule is CC(C)(C)NS(=O)(=O)c1cccc(C(=O)NCc2cccnc2)c1. The molecule has 1 heterocycles. The Morgan fingerprint density at radius 2 is 1.92 bits per heavy atom. The van der Waals surface area contributed by atoms with E-state index in [2.05, 4.69) is 15.0 Å². The van der Waals surface area contributed by atoms with E-state index < -0.39 is 15.6 Å². The second-order valence-electron chi connectivity index (χ2n) is 6.43. The number of hydrogen-bond acceptors (Lipinski definition) is 4. The highest BCUT2D eigenvalue weighted by Gasteiger charge is 2.22. The molecule has 0 aliphatic rings. The van der Waals surface area contributed by atoms with Gasteiger partial charge in [-0.1, -0.05) is 12.1 Å². The summed E-state index contributed by atoms with van der Waals surface area (Å²) in [7, 11) is -3.68. The highest BCUT2D eigenvalue weighted by molar-refractivity contribution is 7.89. The Kier molecular flexibility index (Phi) is 5.36. The summed E-state index contributed by atoms with van der Waals surface area (Å²) in [4.78, 5) is 16.3. The third-order valence-corrected chi connectivity index (χ3v) is 4.78. The number of amides is 1. The molecule has 6 nitrogen and oxygen atoms in total. The lowest BCUT2D eigenvalue weighted by molar-refractivity contribution is 0.0950. The van der Waals surface area contributed by atoms with Crippen molar-refractivity contribution in [3.8, 4) is 0 Å². The Balaban J connectivity index is 2.13. The monoisotopic (exact) mass is 347 g/mol. The highest BCUT2D eigenvalue weighted by Crippen LogP contribution is 2.14. The molecule has 0 spiro atoms. The summed E-state index contributed by atoms with van der Waals surface area (Å²) in [6.45, 7) is 5.60. The molecule has 2 N–H and O–H groups in total. The van der Waals surface area contributed by atoms with Crippen LogP contribution in [0.3, 0.4) is 0 Å². The Bertz CT molecular complexity index is 812. The molecule has 7 heteroatoms. The number of sulfonamides is 1. The molecule has 128 valence electrons. The van der Waals surface area contributed by atoms with Crippen molar-refractivity contribution in [3.05, 3.63) is 59.9 Å². The van der Waals surface area contributed by atoms with Gasteiger partial charge in [-0.25, -0.2) is 13.1 Å². The minimum atomic E-state index is -3.68. The molecule has 0 saturated carbocycles. The fraction of sp³-hybridized carbons (Fsp3) is 0.294. The zero-order chi connectivity index (χ0) is 17.8. The molecule has 0 atom stereocenters. The minimum absolute atomic E-state index is 0.0615. The first-order valence-corrected chi connectivity index (χ1v) is 8.97. The van der Waals surface area contributed by atoms with Crippen LogP contribution in [0, 0.1) is 0 Å². The molecule has 1 aromatic heterocycles. The number of carbonyl (C=O) groups is 1. The lowest BCUT2D eigenvalue weighted by Gasteiger charge is -2.20. The fourth-order valence-corrected chi connectivity index (χ4v) is 3.52. The summed E-state index contributed by atoms with van der Waals surface area (Å²) in [5.41, 5.74) is 0.553. The van der Waals surface area contributed by atoms with E-state index in [1.165, 1.54) is 12.1 Å². The van der Waals surface area contributed by atoms with Gasteiger partial charge in [0.25, 0.3) is 5.91 Å². The van der Waals surface area contributed by atoms with E-state index in [1.54, 1.807) is 51.4 Å². The topological polar surface area (TPSA) is 88.2 Å². The molecule has 1 amide bonds. The van der Waals surface area contributed by atoms with Gasteiger partial charge >= 0.3 is 0 Å². The smallest absolute Gasteiger partial charge is 0.251 e. The summed E-state index contributed by atoms with van der Waals surface area (Å²) in [6, 6.07) is 9.60. The van der Waals surface area contributed by atoms with Crippen LogP contribution in [0.25, 0.3) is 0 Å². The number of benzene rings is 1. The van der Waals surface area contributed by atoms with E-state index in [0.717, 1.165) is 5.56 Å². The van der Waals surface area contributed by atoms with Gasteiger partial charge in [-0.2, -0.15) is 0 Å². The number of hydrogen-bond donors (Lipinski definition) is 2. The quantitative estimate of drug-likeness (QED) is 0.867. The molecule has 0 aliphatic carbocycles. The van der Waals surface area contributed by atoms with Crippen LogP contribution < -0.4 is 10.0 Å². The number of nitrogens with one attached hydrogen (secondary N) is 2. The van der Waals surface area contributed by atoms with Crippen LogP contribution in [0.4, 0.5) is 0 Å². The van der Waals surface area contributed by atoms with Gasteiger partial charge in [0, 0.05) is 30.0 Å². The van der Waals surface area contributed by atoms with E-state index in [9.17, 15) is 13.2 Å². The number of nitrogens with zero attached hydrogens (tertiary/aromatic N) is 1. The molecule has 2 rings (SSSR count). The maximum atomic E-state index is 12.4. The zero-order valence-corrected chi connectivity index (χ0v) is 14.7. The van der Waals surface area contributed by atoms with Crippen molar-refractivity contribution in [2.45, 2.75) is 37.8 Å². The van der Waals surface area contributed by atoms with Crippen LogP contribution >= 0.6 is 0 Å². The van der Waals surface area contributed by atoms with Crippen molar-refractivity contribution in [2.24, 2.45) is 0 Å². The van der Waals surface area contributed by atoms with E-state index in [1.807, 2.05) is 6.07 Å². The molecule has 0 saturated heterocycles. The molecule has 0 bridgehead atoms. The second kappa shape index (κ2) is 7.11. The van der Waals surface area contributed by atoms with E-state index >= 15 is 0 Å². The molecular formula is C17H21N3O3S. The van der Waals surface area contributed by atoms with Crippen molar-refractivity contribution in [3.63, 3.8) is 0 Å². The summed E-state index contributed by atoms with van der Waals surface area (Å²) in [5, 5.41) is 2.75. The van der Waals surface area contributed by atoms with Gasteiger partial charge in [-0.3, -0.25) is 9.78 Å². The Hall–Kier alpha value is -2.25. The summed E-state index contributed by atoms with van der Waals surface area (Å²) < 4.78 is 27.3. The zero-order valence-electron chi connectivity index (χ0n) is 13.9. The summed E-state index contributed by atoms with van der Waals surface area (Å²) in [5.74, 6) is -0.341. The Morgan fingerprint density at radius 1 is 1.17 bits per heavy atom. The molecule has 0 fully saturated rings. The first-order valence-electron chi connectivity index (χ1n) is 7.48. The highest BCUT2D eigenvalue weighted by atomic mass is 32.2. The molecule has 24 heavy (non-hydrogen) atoms. The normalized spacial score (nSPS) is 12.0. The number of carbonyl (C=O) groups excluding carboxylic acids is 1. The van der Waals surface area contributed by atoms with Gasteiger partial charge in [-0.15, -0.1) is 0 Å². The lowest BCUT2D eigenvalue weighted by Crippen LogP contribution is -2.40. The van der Waals surface area contributed by atoms with Gasteiger partial charge in [0.1, 0.15) is 0 Å². The third-order valence-electron chi connectivity index (χ3n) is 3.02. The van der Waals surface area contributed by atoms with E-state index in [-0.39, 0.29) is 16.4 Å². The van der Waals surface area contributed by atoms with Gasteiger partial charge in [0.2, 0.25) is 10.0 Å². The first-order chi connectivity index (χ1) is 11.2. The third kappa shape index (κ3) is 5.14. The number of pyridine rings is 1. The van der Waals surface area contributed by atoms with Crippen LogP contribution in [-0.4, -0.2) is 24.8 Å². The second-order valence-corrected chi connectivity index (χ2v) is 8.11. The fourth-order valence-electron chi connectivity index (χ4n) is 2.05. The van der Waals surface area contributed by atoms with Crippen molar-refractivity contribution >= 4 is 15.9 Å². The van der Waals surface area contributed by atoms with Crippen LogP contribution in [0.5, 0.6) is 0 Å². The van der Waals surface area contributed by atoms with Gasteiger partial charge in [0.05, 0.1) is 4.90 Å². The lowest BCUT2D eigenvalue weighted by atomic mass is 10.1. The van der Waals surface area contributed by atoms with Gasteiger partial charge in [0.15, 0.2) is 0 Å². The average Bonchev–Trinajstić information content (AvgIpc) is 2.51.